The van der Waals surface area contributed by atoms with Gasteiger partial charge in [0.1, 0.15) is 13.2 Å². The van der Waals surface area contributed by atoms with E-state index in [2.05, 4.69) is 20.2 Å². The Morgan fingerprint density at radius 1 is 1.19 bits per heavy atom. The Labute approximate surface area is 121 Å². The van der Waals surface area contributed by atoms with Crippen molar-refractivity contribution < 1.29 is 29.1 Å². The Morgan fingerprint density at radius 2 is 1.76 bits per heavy atom. The third kappa shape index (κ3) is 9.07. The largest absolute Gasteiger partial charge is 0.569 e. The van der Waals surface area contributed by atoms with Crippen LogP contribution in [-0.2, 0) is 19.2 Å². The molecule has 122 valence electrons. The Kier molecular flexibility index (Phi) is 9.04. The van der Waals surface area contributed by atoms with Crippen LogP contribution in [0.4, 0.5) is 0 Å². The summed E-state index contributed by atoms with van der Waals surface area (Å²) in [7, 11) is 2.93. The fourth-order valence-corrected chi connectivity index (χ4v) is 0.954. The average molecular weight is 308 g/mol. The standard InChI is InChI=1S/C9H20N6O6/c1-5-13(6-7-19-9(2)16)15(18)11-21-8-20-10-14(17)12(3)4/h5-8H2,1-4H3. The number of rotatable bonds is 10. The highest BCUT2D eigenvalue weighted by Gasteiger charge is 2.11. The van der Waals surface area contributed by atoms with Crippen LogP contribution < -0.4 is 0 Å². The number of hydrazine groups is 2. The number of ether oxygens (including phenoxy) is 1. The minimum atomic E-state index is -0.507. The summed E-state index contributed by atoms with van der Waals surface area (Å²) in [5.74, 6) is -0.435. The van der Waals surface area contributed by atoms with Crippen LogP contribution in [0.1, 0.15) is 13.8 Å². The molecular formula is C9H20N6O6. The molecule has 0 heterocycles. The number of carbonyl (C=O) groups is 1. The topological polar surface area (TPSA) is 128 Å². The van der Waals surface area contributed by atoms with Crippen LogP contribution in [0.25, 0.3) is 0 Å². The molecule has 12 heteroatoms. The van der Waals surface area contributed by atoms with Crippen LogP contribution in [0, 0.1) is 10.4 Å². The maximum atomic E-state index is 11.5. The van der Waals surface area contributed by atoms with Crippen molar-refractivity contribution >= 4 is 5.97 Å². The summed E-state index contributed by atoms with van der Waals surface area (Å²) < 4.78 is 4.70. The summed E-state index contributed by atoms with van der Waals surface area (Å²) in [5, 5.41) is 31.0. The van der Waals surface area contributed by atoms with Crippen molar-refractivity contribution in [2.45, 2.75) is 13.8 Å². The molecule has 0 radical (unpaired) electrons. The second-order valence-corrected chi connectivity index (χ2v) is 3.78. The van der Waals surface area contributed by atoms with Crippen molar-refractivity contribution in [3.63, 3.8) is 0 Å². The van der Waals surface area contributed by atoms with Crippen molar-refractivity contribution in [2.75, 3.05) is 40.6 Å². The maximum absolute atomic E-state index is 11.5. The molecule has 0 rings (SSSR count). The monoisotopic (exact) mass is 308 g/mol. The minimum Gasteiger partial charge on any atom is -0.569 e. The summed E-state index contributed by atoms with van der Waals surface area (Å²) in [5.41, 5.74) is 0. The highest BCUT2D eigenvalue weighted by molar-refractivity contribution is 5.65. The summed E-state index contributed by atoms with van der Waals surface area (Å²) in [6.07, 6.45) is 0. The van der Waals surface area contributed by atoms with Crippen molar-refractivity contribution in [3.05, 3.63) is 10.4 Å². The van der Waals surface area contributed by atoms with Gasteiger partial charge >= 0.3 is 5.97 Å². The summed E-state index contributed by atoms with van der Waals surface area (Å²) in [4.78, 5) is 19.9. The van der Waals surface area contributed by atoms with Crippen molar-refractivity contribution in [1.29, 1.82) is 0 Å². The molecule has 21 heavy (non-hydrogen) atoms. The number of esters is 1. The number of nitrogens with zero attached hydrogens (tertiary/aromatic N) is 6. The van der Waals surface area contributed by atoms with E-state index in [-0.39, 0.29) is 23.1 Å². The Hall–Kier alpha value is -2.53. The van der Waals surface area contributed by atoms with E-state index < -0.39 is 12.8 Å². The van der Waals surface area contributed by atoms with Crippen LogP contribution in [-0.4, -0.2) is 66.5 Å². The lowest BCUT2D eigenvalue weighted by molar-refractivity contribution is -0.715. The van der Waals surface area contributed by atoms with Gasteiger partial charge in [0.25, 0.3) is 6.79 Å². The Balaban J connectivity index is 4.07. The van der Waals surface area contributed by atoms with Gasteiger partial charge in [-0.2, -0.15) is 5.01 Å². The van der Waals surface area contributed by atoms with Gasteiger partial charge in [-0.1, -0.05) is 0 Å². The average Bonchev–Trinajstić information content (AvgIpc) is 2.42. The zero-order valence-electron chi connectivity index (χ0n) is 12.5. The molecule has 0 atom stereocenters. The molecule has 0 N–H and O–H groups in total. The highest BCUT2D eigenvalue weighted by Crippen LogP contribution is 1.93. The van der Waals surface area contributed by atoms with E-state index in [9.17, 15) is 15.2 Å². The van der Waals surface area contributed by atoms with Gasteiger partial charge in [0.05, 0.1) is 30.6 Å². The second-order valence-electron chi connectivity index (χ2n) is 3.78. The number of carbonyl (C=O) groups excluding carboxylic acids is 1. The lowest BCUT2D eigenvalue weighted by Gasteiger charge is -2.15. The molecule has 0 aliphatic rings. The third-order valence-electron chi connectivity index (χ3n) is 1.96. The molecule has 0 aliphatic heterocycles. The fourth-order valence-electron chi connectivity index (χ4n) is 0.954. The fraction of sp³-hybridized carbons (Fsp3) is 0.889. The van der Waals surface area contributed by atoms with Gasteiger partial charge in [0, 0.05) is 6.92 Å². The molecular weight excluding hydrogens is 288 g/mol. The van der Waals surface area contributed by atoms with Gasteiger partial charge in [-0.25, -0.2) is 0 Å². The van der Waals surface area contributed by atoms with Crippen molar-refractivity contribution in [3.8, 4) is 0 Å². The van der Waals surface area contributed by atoms with Crippen LogP contribution in [0.3, 0.4) is 0 Å². The molecule has 0 unspecified atom stereocenters. The predicted molar refractivity (Wildman–Crippen MR) is 66.7 cm³/mol. The van der Waals surface area contributed by atoms with E-state index in [1.165, 1.54) is 26.0 Å². The van der Waals surface area contributed by atoms with Gasteiger partial charge in [-0.05, 0) is 6.92 Å². The zero-order chi connectivity index (χ0) is 16.3. The van der Waals surface area contributed by atoms with E-state index in [0.29, 0.717) is 6.54 Å². The molecule has 0 bridgehead atoms. The quantitative estimate of drug-likeness (QED) is 0.138. The lowest BCUT2D eigenvalue weighted by Crippen LogP contribution is -2.34. The summed E-state index contributed by atoms with van der Waals surface area (Å²) >= 11 is 0. The molecule has 0 saturated heterocycles. The number of hydrogen-bond acceptors (Lipinski definition) is 8. The van der Waals surface area contributed by atoms with Crippen LogP contribution in [0.5, 0.6) is 0 Å². The van der Waals surface area contributed by atoms with Crippen LogP contribution >= 0.6 is 0 Å². The van der Waals surface area contributed by atoms with Gasteiger partial charge in [-0.15, -0.1) is 5.01 Å². The van der Waals surface area contributed by atoms with E-state index in [1.54, 1.807) is 6.92 Å². The molecule has 0 fully saturated rings. The van der Waals surface area contributed by atoms with E-state index in [1.807, 2.05) is 0 Å². The minimum absolute atomic E-state index is 0.0528. The molecule has 0 aromatic rings. The maximum Gasteiger partial charge on any atom is 0.302 e. The summed E-state index contributed by atoms with van der Waals surface area (Å²) in [6.45, 7) is 3.02. The normalized spacial score (nSPS) is 11.8. The van der Waals surface area contributed by atoms with E-state index in [0.717, 1.165) is 5.01 Å². The SMILES string of the molecule is CCN(CCOC(C)=O)[N+]([O-])=NOCON=[N+]([O-])N(C)C. The highest BCUT2D eigenvalue weighted by atomic mass is 16.8. The van der Waals surface area contributed by atoms with Crippen LogP contribution in [0.2, 0.25) is 0 Å². The molecule has 12 nitrogen and oxygen atoms in total. The van der Waals surface area contributed by atoms with Gasteiger partial charge < -0.3 is 15.2 Å². The van der Waals surface area contributed by atoms with E-state index >= 15 is 0 Å². The first-order chi connectivity index (χ1) is 9.88. The second kappa shape index (κ2) is 10.3. The first kappa shape index (κ1) is 18.5. The van der Waals surface area contributed by atoms with Crippen LogP contribution in [0.15, 0.2) is 10.6 Å². The predicted octanol–water partition coefficient (Wildman–Crippen LogP) is 0.00870. The third-order valence-corrected chi connectivity index (χ3v) is 1.96. The van der Waals surface area contributed by atoms with Gasteiger partial charge in [-0.3, -0.25) is 14.5 Å². The lowest BCUT2D eigenvalue weighted by atomic mass is 10.6. The molecule has 0 saturated carbocycles. The Bertz CT molecular complexity index is 374. The molecule has 0 amide bonds. The molecule has 0 aromatic heterocycles. The van der Waals surface area contributed by atoms with Crippen molar-refractivity contribution in [1.82, 2.24) is 10.0 Å². The van der Waals surface area contributed by atoms with Gasteiger partial charge in [0.2, 0.25) is 10.6 Å². The molecule has 0 spiro atoms. The van der Waals surface area contributed by atoms with Crippen molar-refractivity contribution in [2.24, 2.45) is 10.6 Å². The molecule has 0 aliphatic carbocycles. The number of hydrogen-bond donors (Lipinski definition) is 0. The Morgan fingerprint density at radius 3 is 2.24 bits per heavy atom. The number of likely N-dealkylation sites (N-methyl/N-ethyl adjacent to an activating group) is 1. The zero-order valence-corrected chi connectivity index (χ0v) is 12.5. The van der Waals surface area contributed by atoms with E-state index in [4.69, 9.17) is 4.74 Å². The first-order valence-electron chi connectivity index (χ1n) is 6.04. The first-order valence-corrected chi connectivity index (χ1v) is 6.04. The summed E-state index contributed by atoms with van der Waals surface area (Å²) in [6, 6.07) is 0. The van der Waals surface area contributed by atoms with Gasteiger partial charge in [0.15, 0.2) is 0 Å². The smallest absolute Gasteiger partial charge is 0.302 e. The molecule has 0 aromatic carbocycles.